The summed E-state index contributed by atoms with van der Waals surface area (Å²) in [4.78, 5) is 26.0. The molecule has 144 valence electrons. The van der Waals surface area contributed by atoms with Gasteiger partial charge in [-0.05, 0) is 25.2 Å². The average Bonchev–Trinajstić information content (AvgIpc) is 2.74. The van der Waals surface area contributed by atoms with Crippen LogP contribution < -0.4 is 4.90 Å². The molecule has 0 saturated carbocycles. The normalized spacial score (nSPS) is 15.6. The average molecular weight is 385 g/mol. The number of carbonyl (C=O) groups excluding carboxylic acids is 1. The number of hydrogen-bond donors (Lipinski definition) is 0. The third kappa shape index (κ3) is 5.22. The molecule has 1 aliphatic heterocycles. The lowest BCUT2D eigenvalue weighted by atomic mass is 10.2. The zero-order valence-corrected chi connectivity index (χ0v) is 17.0. The molecule has 0 radical (unpaired) electrons. The van der Waals surface area contributed by atoms with Gasteiger partial charge in [0, 0.05) is 37.9 Å². The molecule has 1 saturated heterocycles. The van der Waals surface area contributed by atoms with Crippen LogP contribution in [0.15, 0.2) is 42.6 Å². The number of piperazine rings is 1. The minimum Gasteiger partial charge on any atom is -0.353 e. The topological polar surface area (TPSA) is 49.3 Å². The van der Waals surface area contributed by atoms with Crippen molar-refractivity contribution in [1.29, 1.82) is 0 Å². The van der Waals surface area contributed by atoms with Gasteiger partial charge < -0.3 is 9.80 Å². The number of thioether (sulfide) groups is 1. The van der Waals surface area contributed by atoms with Gasteiger partial charge in [0.2, 0.25) is 5.91 Å². The van der Waals surface area contributed by atoms with Crippen LogP contribution in [0.25, 0.3) is 11.4 Å². The first kappa shape index (κ1) is 19.7. The fraction of sp³-hybridized carbons (Fsp3) is 0.476. The van der Waals surface area contributed by atoms with E-state index in [1.165, 1.54) is 12.8 Å². The zero-order valence-electron chi connectivity index (χ0n) is 16.2. The minimum atomic E-state index is 0.0480. The van der Waals surface area contributed by atoms with Gasteiger partial charge in [-0.3, -0.25) is 4.79 Å². The number of unbranched alkanes of at least 4 members (excludes halogenated alkanes) is 1. The number of hydrogen-bond acceptors (Lipinski definition) is 5. The summed E-state index contributed by atoms with van der Waals surface area (Å²) < 4.78 is 0. The molecule has 1 unspecified atom stereocenters. The second-order valence-corrected chi connectivity index (χ2v) is 8.23. The Hall–Kier alpha value is -2.08. The Morgan fingerprint density at radius 2 is 1.89 bits per heavy atom. The van der Waals surface area contributed by atoms with Crippen LogP contribution in [0.2, 0.25) is 0 Å². The molecule has 1 atom stereocenters. The van der Waals surface area contributed by atoms with Gasteiger partial charge in [-0.1, -0.05) is 43.7 Å². The van der Waals surface area contributed by atoms with Crippen molar-refractivity contribution < 1.29 is 4.79 Å². The quantitative estimate of drug-likeness (QED) is 0.681. The van der Waals surface area contributed by atoms with Crippen LogP contribution in [-0.2, 0) is 4.79 Å². The van der Waals surface area contributed by atoms with E-state index in [0.717, 1.165) is 49.1 Å². The molecular weight excluding hydrogens is 356 g/mol. The third-order valence-electron chi connectivity index (χ3n) is 4.80. The predicted octanol–water partition coefficient (Wildman–Crippen LogP) is 3.71. The highest BCUT2D eigenvalue weighted by Gasteiger charge is 2.25. The van der Waals surface area contributed by atoms with Crippen LogP contribution in [0.1, 0.15) is 26.7 Å². The fourth-order valence-electron chi connectivity index (χ4n) is 3.14. The number of amides is 1. The van der Waals surface area contributed by atoms with Crippen LogP contribution >= 0.6 is 11.8 Å². The van der Waals surface area contributed by atoms with Crippen molar-refractivity contribution in [2.75, 3.05) is 36.8 Å². The summed E-state index contributed by atoms with van der Waals surface area (Å²) in [5.41, 5.74) is 1.02. The lowest BCUT2D eigenvalue weighted by Gasteiger charge is -2.36. The van der Waals surface area contributed by atoms with E-state index in [2.05, 4.69) is 16.8 Å². The Morgan fingerprint density at radius 1 is 1.15 bits per heavy atom. The van der Waals surface area contributed by atoms with E-state index in [9.17, 15) is 4.79 Å². The Morgan fingerprint density at radius 3 is 2.59 bits per heavy atom. The maximum Gasteiger partial charge on any atom is 0.235 e. The zero-order chi connectivity index (χ0) is 19.1. The van der Waals surface area contributed by atoms with Crippen molar-refractivity contribution in [3.05, 3.63) is 42.6 Å². The molecule has 5 nitrogen and oxygen atoms in total. The molecule has 1 amide bonds. The van der Waals surface area contributed by atoms with Crippen molar-refractivity contribution in [3.63, 3.8) is 0 Å². The summed E-state index contributed by atoms with van der Waals surface area (Å²) in [6.07, 6.45) is 4.17. The number of anilines is 1. The first-order chi connectivity index (χ1) is 13.2. The molecular formula is C21H28N4OS. The molecule has 2 heterocycles. The van der Waals surface area contributed by atoms with Gasteiger partial charge in [0.05, 0.1) is 5.25 Å². The van der Waals surface area contributed by atoms with Crippen LogP contribution in [0.5, 0.6) is 0 Å². The molecule has 0 aliphatic carbocycles. The predicted molar refractivity (Wildman–Crippen MR) is 113 cm³/mol. The first-order valence-corrected chi connectivity index (χ1v) is 10.8. The maximum atomic E-state index is 12.6. The van der Waals surface area contributed by atoms with Crippen molar-refractivity contribution in [2.24, 2.45) is 0 Å². The van der Waals surface area contributed by atoms with Gasteiger partial charge in [0.1, 0.15) is 5.82 Å². The summed E-state index contributed by atoms with van der Waals surface area (Å²) in [6, 6.07) is 12.0. The van der Waals surface area contributed by atoms with E-state index < -0.39 is 0 Å². The molecule has 6 heteroatoms. The summed E-state index contributed by atoms with van der Waals surface area (Å²) in [7, 11) is 0. The molecule has 1 aromatic heterocycles. The highest BCUT2D eigenvalue weighted by atomic mass is 32.2. The van der Waals surface area contributed by atoms with Crippen LogP contribution in [0.4, 0.5) is 5.82 Å². The molecule has 1 aliphatic rings. The third-order valence-corrected chi connectivity index (χ3v) is 6.03. The Kier molecular flexibility index (Phi) is 7.10. The van der Waals surface area contributed by atoms with E-state index in [-0.39, 0.29) is 11.2 Å². The molecule has 1 fully saturated rings. The minimum absolute atomic E-state index is 0.0480. The van der Waals surface area contributed by atoms with Crippen molar-refractivity contribution in [2.45, 2.75) is 31.9 Å². The number of nitrogens with zero attached hydrogens (tertiary/aromatic N) is 4. The molecule has 0 N–H and O–H groups in total. The second kappa shape index (κ2) is 9.74. The van der Waals surface area contributed by atoms with E-state index in [1.807, 2.05) is 54.4 Å². The van der Waals surface area contributed by atoms with Crippen molar-refractivity contribution >= 4 is 23.5 Å². The highest BCUT2D eigenvalue weighted by molar-refractivity contribution is 8.00. The van der Waals surface area contributed by atoms with E-state index in [4.69, 9.17) is 4.98 Å². The number of carbonyl (C=O) groups is 1. The fourth-order valence-corrected chi connectivity index (χ4v) is 4.24. The summed E-state index contributed by atoms with van der Waals surface area (Å²) >= 11 is 1.77. The largest absolute Gasteiger partial charge is 0.353 e. The molecule has 0 bridgehead atoms. The lowest BCUT2D eigenvalue weighted by molar-refractivity contribution is -0.130. The summed E-state index contributed by atoms with van der Waals surface area (Å²) in [5.74, 6) is 3.00. The molecule has 2 aromatic rings. The molecule has 3 rings (SSSR count). The van der Waals surface area contributed by atoms with Gasteiger partial charge in [0.25, 0.3) is 0 Å². The van der Waals surface area contributed by atoms with Gasteiger partial charge in [-0.2, -0.15) is 0 Å². The van der Waals surface area contributed by atoms with Gasteiger partial charge in [-0.15, -0.1) is 11.8 Å². The molecule has 27 heavy (non-hydrogen) atoms. The smallest absolute Gasteiger partial charge is 0.235 e. The van der Waals surface area contributed by atoms with Crippen molar-refractivity contribution in [3.8, 4) is 11.4 Å². The monoisotopic (exact) mass is 384 g/mol. The lowest BCUT2D eigenvalue weighted by Crippen LogP contribution is -2.51. The number of benzene rings is 1. The van der Waals surface area contributed by atoms with E-state index in [1.54, 1.807) is 11.8 Å². The number of rotatable bonds is 7. The van der Waals surface area contributed by atoms with E-state index in [0.29, 0.717) is 0 Å². The van der Waals surface area contributed by atoms with Gasteiger partial charge >= 0.3 is 0 Å². The van der Waals surface area contributed by atoms with Crippen molar-refractivity contribution in [1.82, 2.24) is 14.9 Å². The number of aromatic nitrogens is 2. The first-order valence-electron chi connectivity index (χ1n) is 9.73. The van der Waals surface area contributed by atoms with E-state index >= 15 is 0 Å². The Bertz CT molecular complexity index is 732. The summed E-state index contributed by atoms with van der Waals surface area (Å²) in [5, 5.41) is 0.0480. The van der Waals surface area contributed by atoms with Crippen LogP contribution in [0.3, 0.4) is 0 Å². The summed E-state index contributed by atoms with van der Waals surface area (Å²) in [6.45, 7) is 7.34. The van der Waals surface area contributed by atoms with Crippen LogP contribution in [0, 0.1) is 0 Å². The SMILES string of the molecule is CCCCSC(C)C(=O)N1CCN(c2ccnc(-c3ccccc3)n2)CC1. The Balaban J connectivity index is 1.57. The molecule has 0 spiro atoms. The maximum absolute atomic E-state index is 12.6. The highest BCUT2D eigenvalue weighted by Crippen LogP contribution is 2.21. The second-order valence-electron chi connectivity index (χ2n) is 6.78. The van der Waals surface area contributed by atoms with Crippen LogP contribution in [-0.4, -0.2) is 58.0 Å². The van der Waals surface area contributed by atoms with Gasteiger partial charge in [0.15, 0.2) is 5.82 Å². The molecule has 1 aromatic carbocycles. The van der Waals surface area contributed by atoms with Gasteiger partial charge in [-0.25, -0.2) is 9.97 Å². The standard InChI is InChI=1S/C21H28N4OS/c1-3-4-16-27-17(2)21(26)25-14-12-24(13-15-25)19-10-11-22-20(23-19)18-8-6-5-7-9-18/h5-11,17H,3-4,12-16H2,1-2H3. The Labute approximate surface area is 166 Å².